The summed E-state index contributed by atoms with van der Waals surface area (Å²) in [5.41, 5.74) is 28.6. The van der Waals surface area contributed by atoms with Gasteiger partial charge in [-0.2, -0.15) is 0 Å². The van der Waals surface area contributed by atoms with Crippen molar-refractivity contribution in [2.24, 2.45) is 5.73 Å². The second kappa shape index (κ2) is 2.74. The fourth-order valence-electron chi connectivity index (χ4n) is 0.860. The summed E-state index contributed by atoms with van der Waals surface area (Å²) in [6.07, 6.45) is 0. The predicted octanol–water partition coefficient (Wildman–Crippen LogP) is -1.13. The van der Waals surface area contributed by atoms with Gasteiger partial charge in [0.25, 0.3) is 0 Å². The van der Waals surface area contributed by atoms with Gasteiger partial charge in [0.05, 0.1) is 22.8 Å². The maximum atomic E-state index is 5.56. The highest BCUT2D eigenvalue weighted by Gasteiger charge is 2.09. The first-order chi connectivity index (χ1) is 5.57. The maximum absolute atomic E-state index is 5.56. The van der Waals surface area contributed by atoms with Crippen molar-refractivity contribution in [1.82, 2.24) is 4.98 Å². The van der Waals surface area contributed by atoms with Crippen molar-refractivity contribution in [3.8, 4) is 0 Å². The molecule has 0 aliphatic carbocycles. The van der Waals surface area contributed by atoms with Gasteiger partial charge in [-0.25, -0.2) is 4.98 Å². The number of anilines is 4. The van der Waals surface area contributed by atoms with E-state index in [1.165, 1.54) is 0 Å². The minimum absolute atomic E-state index is 0.169. The van der Waals surface area contributed by atoms with Gasteiger partial charge >= 0.3 is 0 Å². The van der Waals surface area contributed by atoms with Crippen LogP contribution in [0, 0.1) is 0 Å². The number of rotatable bonds is 1. The molecular weight excluding hydrogens is 156 g/mol. The zero-order valence-electron chi connectivity index (χ0n) is 6.54. The van der Waals surface area contributed by atoms with E-state index in [9.17, 15) is 0 Å². The molecule has 1 heterocycles. The normalized spacial score (nSPS) is 10.1. The quantitative estimate of drug-likeness (QED) is 0.359. The van der Waals surface area contributed by atoms with Gasteiger partial charge in [-0.15, -0.1) is 0 Å². The molecule has 0 saturated heterocycles. The van der Waals surface area contributed by atoms with Gasteiger partial charge in [0.2, 0.25) is 0 Å². The Labute approximate surface area is 69.7 Å². The number of hydrogen-bond donors (Lipinski definition) is 5. The lowest BCUT2D eigenvalue weighted by molar-refractivity contribution is 1.00. The van der Waals surface area contributed by atoms with E-state index in [2.05, 4.69) is 4.98 Å². The van der Waals surface area contributed by atoms with Crippen LogP contribution in [-0.2, 0) is 6.54 Å². The fourth-order valence-corrected chi connectivity index (χ4v) is 0.860. The Balaban J connectivity index is 3.39. The zero-order valence-corrected chi connectivity index (χ0v) is 6.54. The second-order valence-electron chi connectivity index (χ2n) is 2.39. The number of nitrogen functional groups attached to an aromatic ring is 4. The first-order valence-electron chi connectivity index (χ1n) is 3.36. The van der Waals surface area contributed by atoms with Crippen LogP contribution in [0.15, 0.2) is 0 Å². The molecule has 0 saturated carbocycles. The van der Waals surface area contributed by atoms with E-state index >= 15 is 0 Å². The van der Waals surface area contributed by atoms with Gasteiger partial charge in [-0.1, -0.05) is 0 Å². The van der Waals surface area contributed by atoms with E-state index in [1.807, 2.05) is 0 Å². The van der Waals surface area contributed by atoms with E-state index < -0.39 is 0 Å². The molecule has 10 N–H and O–H groups in total. The van der Waals surface area contributed by atoms with Crippen molar-refractivity contribution < 1.29 is 0 Å². The Bertz CT molecular complexity index is 307. The van der Waals surface area contributed by atoms with Crippen LogP contribution in [0.4, 0.5) is 22.9 Å². The van der Waals surface area contributed by atoms with E-state index in [-0.39, 0.29) is 23.7 Å². The van der Waals surface area contributed by atoms with Crippen LogP contribution >= 0.6 is 0 Å². The smallest absolute Gasteiger partial charge is 0.149 e. The second-order valence-corrected chi connectivity index (χ2v) is 2.39. The Morgan fingerprint density at radius 1 is 0.917 bits per heavy atom. The van der Waals surface area contributed by atoms with E-state index in [0.29, 0.717) is 11.4 Å². The first-order valence-corrected chi connectivity index (χ1v) is 3.36. The molecule has 6 nitrogen and oxygen atoms in total. The third-order valence-corrected chi connectivity index (χ3v) is 1.62. The average Bonchev–Trinajstić information content (AvgIpc) is 2.08. The molecule has 0 radical (unpaired) electrons. The molecule has 12 heavy (non-hydrogen) atoms. The molecular formula is C6H12N6. The number of nitrogens with zero attached hydrogens (tertiary/aromatic N) is 1. The lowest BCUT2D eigenvalue weighted by Gasteiger charge is -2.09. The molecule has 0 fully saturated rings. The van der Waals surface area contributed by atoms with Gasteiger partial charge in [-0.3, -0.25) is 0 Å². The SMILES string of the molecule is NCc1nc(N)c(N)c(N)c1N. The number of pyridine rings is 1. The molecule has 0 spiro atoms. The van der Waals surface area contributed by atoms with Crippen LogP contribution in [0.25, 0.3) is 0 Å². The molecule has 1 aromatic heterocycles. The highest BCUT2D eigenvalue weighted by atomic mass is 14.9. The summed E-state index contributed by atoms with van der Waals surface area (Å²) in [4.78, 5) is 3.87. The number of nitrogens with two attached hydrogens (primary N) is 5. The lowest BCUT2D eigenvalue weighted by atomic mass is 10.2. The third kappa shape index (κ3) is 1.08. The molecule has 1 rings (SSSR count). The Morgan fingerprint density at radius 3 is 2.00 bits per heavy atom. The summed E-state index contributed by atoms with van der Waals surface area (Å²) in [5.74, 6) is 0.169. The van der Waals surface area contributed by atoms with Crippen molar-refractivity contribution >= 4 is 22.9 Å². The number of hydrogen-bond acceptors (Lipinski definition) is 6. The standard InChI is InChI=1S/C6H12N6/c7-1-2-3(8)4(9)5(10)6(11)12-2/h1,7-8,10H2,(H4,9,11,12). The van der Waals surface area contributed by atoms with E-state index in [1.54, 1.807) is 0 Å². The molecule has 66 valence electrons. The van der Waals surface area contributed by atoms with Gasteiger partial charge < -0.3 is 28.7 Å². The lowest BCUT2D eigenvalue weighted by Crippen LogP contribution is -2.12. The maximum Gasteiger partial charge on any atom is 0.149 e. The van der Waals surface area contributed by atoms with Crippen LogP contribution in [0.3, 0.4) is 0 Å². The molecule has 6 heteroatoms. The largest absolute Gasteiger partial charge is 0.395 e. The van der Waals surface area contributed by atoms with E-state index in [4.69, 9.17) is 28.7 Å². The van der Waals surface area contributed by atoms with Crippen LogP contribution < -0.4 is 28.7 Å². The summed E-state index contributed by atoms with van der Waals surface area (Å²) in [6, 6.07) is 0. The van der Waals surface area contributed by atoms with Crippen LogP contribution in [0.5, 0.6) is 0 Å². The summed E-state index contributed by atoms with van der Waals surface area (Å²) in [6.45, 7) is 0.195. The minimum Gasteiger partial charge on any atom is -0.395 e. The van der Waals surface area contributed by atoms with Crippen molar-refractivity contribution in [3.63, 3.8) is 0 Å². The molecule has 0 bridgehead atoms. The van der Waals surface area contributed by atoms with E-state index in [0.717, 1.165) is 0 Å². The summed E-state index contributed by atoms with van der Waals surface area (Å²) in [5, 5.41) is 0. The molecule has 0 amide bonds. The van der Waals surface area contributed by atoms with Gasteiger partial charge in [0.1, 0.15) is 5.82 Å². The molecule has 1 aromatic rings. The summed E-state index contributed by atoms with van der Waals surface area (Å²) < 4.78 is 0. The monoisotopic (exact) mass is 168 g/mol. The summed E-state index contributed by atoms with van der Waals surface area (Å²) in [7, 11) is 0. The van der Waals surface area contributed by atoms with Gasteiger partial charge in [-0.05, 0) is 0 Å². The first kappa shape index (κ1) is 8.41. The Kier molecular flexibility index (Phi) is 1.92. The molecule has 0 atom stereocenters. The molecule has 0 aliphatic heterocycles. The Hall–Kier alpha value is -1.69. The zero-order chi connectivity index (χ0) is 9.30. The fraction of sp³-hybridized carbons (Fsp3) is 0.167. The van der Waals surface area contributed by atoms with Gasteiger partial charge in [0.15, 0.2) is 0 Å². The van der Waals surface area contributed by atoms with Crippen LogP contribution in [0.2, 0.25) is 0 Å². The summed E-state index contributed by atoms with van der Waals surface area (Å²) >= 11 is 0. The predicted molar refractivity (Wildman–Crippen MR) is 49.8 cm³/mol. The Morgan fingerprint density at radius 2 is 1.50 bits per heavy atom. The van der Waals surface area contributed by atoms with Crippen molar-refractivity contribution in [1.29, 1.82) is 0 Å². The third-order valence-electron chi connectivity index (χ3n) is 1.62. The topological polar surface area (TPSA) is 143 Å². The average molecular weight is 168 g/mol. The number of aromatic nitrogens is 1. The molecule has 0 aliphatic rings. The highest BCUT2D eigenvalue weighted by Crippen LogP contribution is 2.28. The van der Waals surface area contributed by atoms with Crippen molar-refractivity contribution in [3.05, 3.63) is 5.69 Å². The molecule has 0 aromatic carbocycles. The highest BCUT2D eigenvalue weighted by molar-refractivity contribution is 5.84. The van der Waals surface area contributed by atoms with Crippen LogP contribution in [-0.4, -0.2) is 4.98 Å². The van der Waals surface area contributed by atoms with Gasteiger partial charge in [0, 0.05) is 6.54 Å². The van der Waals surface area contributed by atoms with Crippen molar-refractivity contribution in [2.45, 2.75) is 6.54 Å². The molecule has 0 unspecified atom stereocenters. The van der Waals surface area contributed by atoms with Crippen molar-refractivity contribution in [2.75, 3.05) is 22.9 Å². The van der Waals surface area contributed by atoms with Crippen LogP contribution in [0.1, 0.15) is 5.69 Å². The minimum atomic E-state index is 0.169.